The van der Waals surface area contributed by atoms with Crippen LogP contribution in [0, 0.1) is 0 Å². The molecule has 1 atom stereocenters. The van der Waals surface area contributed by atoms with Gasteiger partial charge >= 0.3 is 6.18 Å². The summed E-state index contributed by atoms with van der Waals surface area (Å²) in [4.78, 5) is 4.93. The average Bonchev–Trinajstić information content (AvgIpc) is 3.07. The summed E-state index contributed by atoms with van der Waals surface area (Å²) in [5.41, 5.74) is 3.28. The maximum Gasteiger partial charge on any atom is 0.435 e. The van der Waals surface area contributed by atoms with Crippen molar-refractivity contribution in [3.8, 4) is 0 Å². The van der Waals surface area contributed by atoms with Gasteiger partial charge in [-0.2, -0.15) is 13.2 Å². The van der Waals surface area contributed by atoms with Crippen LogP contribution in [0.15, 0.2) is 52.8 Å². The third-order valence-electron chi connectivity index (χ3n) is 4.11. The molecule has 0 saturated heterocycles. The summed E-state index contributed by atoms with van der Waals surface area (Å²) in [6.45, 7) is 0. The Labute approximate surface area is 161 Å². The summed E-state index contributed by atoms with van der Waals surface area (Å²) in [6, 6.07) is 9.71. The van der Waals surface area contributed by atoms with E-state index in [0.29, 0.717) is 11.1 Å². The number of hydrogen-bond donors (Lipinski definition) is 2. The van der Waals surface area contributed by atoms with Crippen LogP contribution < -0.4 is 5.73 Å². The lowest BCUT2D eigenvalue weighted by Gasteiger charge is -2.29. The Morgan fingerprint density at radius 2 is 1.85 bits per heavy atom. The zero-order valence-electron chi connectivity index (χ0n) is 13.5. The van der Waals surface area contributed by atoms with Gasteiger partial charge in [0.15, 0.2) is 5.84 Å². The summed E-state index contributed by atoms with van der Waals surface area (Å²) >= 11 is 11.7. The maximum absolute atomic E-state index is 14.0. The molecule has 2 aromatic rings. The highest BCUT2D eigenvalue weighted by molar-refractivity contribution is 6.34. The molecule has 1 unspecified atom stereocenters. The first-order chi connectivity index (χ1) is 12.7. The standard InChI is InChI=1S/C17H12Cl2F3N3O2/c18-12-5-11(6-13(19)7-12)16(17(20,21)22)8-14(25-27-16)9-2-1-3-10(4-9)15(23)24-26/h1-7,26H,8H2,(H2,23,24). The fourth-order valence-corrected chi connectivity index (χ4v) is 3.29. The van der Waals surface area contributed by atoms with Gasteiger partial charge in [0, 0.05) is 33.2 Å². The van der Waals surface area contributed by atoms with Crippen molar-refractivity contribution in [3.63, 3.8) is 0 Å². The molecule has 0 saturated carbocycles. The number of hydrogen-bond acceptors (Lipinski definition) is 4. The highest BCUT2D eigenvalue weighted by Crippen LogP contribution is 2.49. The monoisotopic (exact) mass is 417 g/mol. The van der Waals surface area contributed by atoms with E-state index >= 15 is 0 Å². The van der Waals surface area contributed by atoms with Gasteiger partial charge in [0.05, 0.1) is 5.71 Å². The Morgan fingerprint density at radius 1 is 1.19 bits per heavy atom. The van der Waals surface area contributed by atoms with E-state index in [1.807, 2.05) is 0 Å². The SMILES string of the molecule is N/C(=N\O)c1cccc(C2=NOC(c3cc(Cl)cc(Cl)c3)(C(F)(F)F)C2)c1. The van der Waals surface area contributed by atoms with Gasteiger partial charge in [0.25, 0.3) is 5.60 Å². The molecule has 1 heterocycles. The van der Waals surface area contributed by atoms with E-state index in [2.05, 4.69) is 10.3 Å². The molecule has 10 heteroatoms. The van der Waals surface area contributed by atoms with Crippen molar-refractivity contribution in [2.45, 2.75) is 18.2 Å². The Bertz CT molecular complexity index is 927. The molecule has 0 amide bonds. The first-order valence-corrected chi connectivity index (χ1v) is 8.28. The second-order valence-electron chi connectivity index (χ2n) is 5.85. The fraction of sp³-hybridized carbons (Fsp3) is 0.176. The zero-order valence-corrected chi connectivity index (χ0v) is 15.0. The minimum Gasteiger partial charge on any atom is -0.409 e. The van der Waals surface area contributed by atoms with Crippen molar-refractivity contribution in [1.29, 1.82) is 0 Å². The Hall–Kier alpha value is -2.45. The van der Waals surface area contributed by atoms with Crippen LogP contribution in [-0.4, -0.2) is 22.9 Å². The summed E-state index contributed by atoms with van der Waals surface area (Å²) in [5.74, 6) is -0.180. The molecule has 1 aliphatic rings. The van der Waals surface area contributed by atoms with Crippen molar-refractivity contribution in [3.05, 3.63) is 69.2 Å². The molecule has 0 spiro atoms. The molecular weight excluding hydrogens is 406 g/mol. The van der Waals surface area contributed by atoms with Crippen molar-refractivity contribution in [1.82, 2.24) is 0 Å². The number of halogens is 5. The van der Waals surface area contributed by atoms with Gasteiger partial charge < -0.3 is 15.8 Å². The third kappa shape index (κ3) is 3.54. The lowest BCUT2D eigenvalue weighted by Crippen LogP contribution is -2.42. The number of rotatable bonds is 3. The van der Waals surface area contributed by atoms with E-state index in [9.17, 15) is 13.2 Å². The van der Waals surface area contributed by atoms with E-state index in [0.717, 1.165) is 12.1 Å². The number of amidine groups is 1. The summed E-state index contributed by atoms with van der Waals surface area (Å²) in [5, 5.41) is 15.4. The lowest BCUT2D eigenvalue weighted by atomic mass is 9.86. The molecule has 3 N–H and O–H groups in total. The molecule has 27 heavy (non-hydrogen) atoms. The molecule has 0 aliphatic carbocycles. The van der Waals surface area contributed by atoms with Gasteiger partial charge in [-0.05, 0) is 24.3 Å². The normalized spacial score (nSPS) is 20.3. The number of nitrogens with two attached hydrogens (primary N) is 1. The third-order valence-corrected chi connectivity index (χ3v) is 4.55. The number of benzene rings is 2. The first kappa shape index (κ1) is 19.3. The van der Waals surface area contributed by atoms with Crippen molar-refractivity contribution >= 4 is 34.7 Å². The van der Waals surface area contributed by atoms with E-state index in [1.165, 1.54) is 12.1 Å². The predicted octanol–water partition coefficient (Wildman–Crippen LogP) is 4.67. The van der Waals surface area contributed by atoms with Crippen molar-refractivity contribution in [2.24, 2.45) is 16.0 Å². The van der Waals surface area contributed by atoms with Crippen LogP contribution in [0.3, 0.4) is 0 Å². The van der Waals surface area contributed by atoms with Crippen LogP contribution in [0.5, 0.6) is 0 Å². The van der Waals surface area contributed by atoms with Gasteiger partial charge in [0.1, 0.15) is 0 Å². The lowest BCUT2D eigenvalue weighted by molar-refractivity contribution is -0.275. The Kier molecular flexibility index (Phi) is 4.96. The van der Waals surface area contributed by atoms with Gasteiger partial charge in [0.2, 0.25) is 0 Å². The number of nitrogens with zero attached hydrogens (tertiary/aromatic N) is 2. The molecule has 5 nitrogen and oxygen atoms in total. The van der Waals surface area contributed by atoms with Gasteiger partial charge in [-0.25, -0.2) is 0 Å². The van der Waals surface area contributed by atoms with Crippen LogP contribution >= 0.6 is 23.2 Å². The van der Waals surface area contributed by atoms with Crippen LogP contribution in [-0.2, 0) is 10.4 Å². The second-order valence-corrected chi connectivity index (χ2v) is 6.73. The van der Waals surface area contributed by atoms with Gasteiger partial charge in [-0.1, -0.05) is 51.7 Å². The predicted molar refractivity (Wildman–Crippen MR) is 95.4 cm³/mol. The van der Waals surface area contributed by atoms with E-state index in [4.69, 9.17) is 39.0 Å². The molecule has 0 fully saturated rings. The fourth-order valence-electron chi connectivity index (χ4n) is 2.76. The second kappa shape index (κ2) is 6.94. The average molecular weight is 418 g/mol. The highest BCUT2D eigenvalue weighted by atomic mass is 35.5. The van der Waals surface area contributed by atoms with E-state index in [1.54, 1.807) is 18.2 Å². The van der Waals surface area contributed by atoms with Gasteiger partial charge in [-0.3, -0.25) is 0 Å². The Balaban J connectivity index is 2.03. The topological polar surface area (TPSA) is 80.2 Å². The quantitative estimate of drug-likeness (QED) is 0.329. The van der Waals surface area contributed by atoms with Crippen LogP contribution in [0.2, 0.25) is 10.0 Å². The largest absolute Gasteiger partial charge is 0.435 e. The maximum atomic E-state index is 14.0. The molecule has 1 aliphatic heterocycles. The Morgan fingerprint density at radius 3 is 2.44 bits per heavy atom. The molecule has 0 aromatic heterocycles. The van der Waals surface area contributed by atoms with Crippen molar-refractivity contribution in [2.75, 3.05) is 0 Å². The molecule has 2 aromatic carbocycles. The van der Waals surface area contributed by atoms with E-state index in [-0.39, 0.29) is 27.2 Å². The first-order valence-electron chi connectivity index (χ1n) is 7.53. The molecule has 142 valence electrons. The molecule has 3 rings (SSSR count). The van der Waals surface area contributed by atoms with Crippen LogP contribution in [0.1, 0.15) is 23.1 Å². The van der Waals surface area contributed by atoms with Crippen LogP contribution in [0.25, 0.3) is 0 Å². The summed E-state index contributed by atoms with van der Waals surface area (Å²) in [6.07, 6.45) is -5.37. The van der Waals surface area contributed by atoms with Crippen LogP contribution in [0.4, 0.5) is 13.2 Å². The summed E-state index contributed by atoms with van der Waals surface area (Å²) in [7, 11) is 0. The smallest absolute Gasteiger partial charge is 0.409 e. The number of alkyl halides is 3. The minimum absolute atomic E-state index is 0.0482. The molecule has 0 radical (unpaired) electrons. The van der Waals surface area contributed by atoms with Gasteiger partial charge in [-0.15, -0.1) is 0 Å². The summed E-state index contributed by atoms with van der Waals surface area (Å²) < 4.78 is 41.9. The molecule has 0 bridgehead atoms. The molecular formula is C17H12Cl2F3N3O2. The van der Waals surface area contributed by atoms with Crippen molar-refractivity contribution < 1.29 is 23.2 Å². The minimum atomic E-state index is -4.78. The number of oxime groups is 2. The van der Waals surface area contributed by atoms with E-state index < -0.39 is 18.2 Å². The highest BCUT2D eigenvalue weighted by Gasteiger charge is 2.62. The zero-order chi connectivity index (χ0) is 19.8.